The number of aldehydes is 1. The summed E-state index contributed by atoms with van der Waals surface area (Å²) in [5.41, 5.74) is 1.97. The summed E-state index contributed by atoms with van der Waals surface area (Å²) in [6.45, 7) is 10.2. The fourth-order valence-corrected chi connectivity index (χ4v) is 3.56. The molecule has 0 aromatic carbocycles. The summed E-state index contributed by atoms with van der Waals surface area (Å²) in [5, 5.41) is 7.29. The number of hydrogen-bond acceptors (Lipinski definition) is 6. The average Bonchev–Trinajstić information content (AvgIpc) is 3.21. The molecule has 4 heterocycles. The number of hydrogen-bond donors (Lipinski definition) is 1. The van der Waals surface area contributed by atoms with Crippen LogP contribution in [0, 0.1) is 5.82 Å². The molecule has 8 heteroatoms. The summed E-state index contributed by atoms with van der Waals surface area (Å²) in [6, 6.07) is 6.30. The molecule has 6 nitrogen and oxygen atoms in total. The highest BCUT2D eigenvalue weighted by molar-refractivity contribution is 8.00. The maximum absolute atomic E-state index is 13.1. The van der Waals surface area contributed by atoms with E-state index in [1.165, 1.54) is 36.5 Å². The van der Waals surface area contributed by atoms with Crippen molar-refractivity contribution in [3.05, 3.63) is 60.3 Å². The fraction of sp³-hybridized carbons (Fsp3) is 0.375. The zero-order valence-electron chi connectivity index (χ0n) is 19.1. The van der Waals surface area contributed by atoms with Crippen LogP contribution in [-0.2, 0) is 0 Å². The first kappa shape index (κ1) is 25.5. The van der Waals surface area contributed by atoms with Gasteiger partial charge >= 0.3 is 0 Å². The van der Waals surface area contributed by atoms with E-state index < -0.39 is 5.82 Å². The van der Waals surface area contributed by atoms with E-state index in [9.17, 15) is 9.18 Å². The van der Waals surface area contributed by atoms with Crippen molar-refractivity contribution in [2.75, 3.05) is 18.6 Å². The van der Waals surface area contributed by atoms with Crippen LogP contribution in [0.5, 0.6) is 11.6 Å². The maximum atomic E-state index is 13.1. The summed E-state index contributed by atoms with van der Waals surface area (Å²) in [5.74, 6) is 2.86. The Kier molecular flexibility index (Phi) is 9.87. The number of fused-ring (bicyclic) bond motifs is 1. The highest BCUT2D eigenvalue weighted by atomic mass is 32.2. The molecule has 32 heavy (non-hydrogen) atoms. The van der Waals surface area contributed by atoms with E-state index in [4.69, 9.17) is 4.74 Å². The van der Waals surface area contributed by atoms with Gasteiger partial charge in [0.15, 0.2) is 6.29 Å². The van der Waals surface area contributed by atoms with Crippen molar-refractivity contribution in [1.29, 1.82) is 0 Å². The second-order valence-corrected chi connectivity index (χ2v) is 8.56. The molecule has 0 amide bonds. The lowest BCUT2D eigenvalue weighted by Gasteiger charge is -2.37. The number of halogens is 1. The van der Waals surface area contributed by atoms with E-state index in [0.717, 1.165) is 6.20 Å². The summed E-state index contributed by atoms with van der Waals surface area (Å²) < 4.78 is 20.3. The first-order valence-electron chi connectivity index (χ1n) is 10.5. The van der Waals surface area contributed by atoms with Gasteiger partial charge in [-0.15, -0.1) is 0 Å². The monoisotopic (exact) mass is 458 g/mol. The number of nitrogens with one attached hydrogen (secondary N) is 1. The van der Waals surface area contributed by atoms with Gasteiger partial charge in [-0.1, -0.05) is 39.3 Å². The van der Waals surface area contributed by atoms with Crippen molar-refractivity contribution in [3.63, 3.8) is 0 Å². The third-order valence-electron chi connectivity index (χ3n) is 4.80. The third kappa shape index (κ3) is 7.17. The molecule has 4 rings (SSSR count). The molecule has 0 atom stereocenters. The molecule has 1 saturated heterocycles. The Balaban J connectivity index is 0.000000273. The Morgan fingerprint density at radius 3 is 2.53 bits per heavy atom. The zero-order valence-corrected chi connectivity index (χ0v) is 19.9. The predicted octanol–water partition coefficient (Wildman–Crippen LogP) is 5.63. The smallest absolute Gasteiger partial charge is 0.226 e. The van der Waals surface area contributed by atoms with Gasteiger partial charge in [0.1, 0.15) is 17.3 Å². The number of carbonyl (C=O) groups excluding carboxylic acids is 1. The molecular formula is C24H31FN4O2S. The molecule has 0 radical (unpaired) electrons. The van der Waals surface area contributed by atoms with Crippen molar-refractivity contribution >= 4 is 29.6 Å². The van der Waals surface area contributed by atoms with Crippen molar-refractivity contribution < 1.29 is 13.9 Å². The normalized spacial score (nSPS) is 13.7. The lowest BCUT2D eigenvalue weighted by Crippen LogP contribution is -2.51. The van der Waals surface area contributed by atoms with E-state index in [-0.39, 0.29) is 5.88 Å². The average molecular weight is 459 g/mol. The second-order valence-electron chi connectivity index (χ2n) is 7.58. The minimum Gasteiger partial charge on any atom is -0.438 e. The van der Waals surface area contributed by atoms with E-state index in [2.05, 4.69) is 42.7 Å². The van der Waals surface area contributed by atoms with Gasteiger partial charge < -0.3 is 10.1 Å². The van der Waals surface area contributed by atoms with Gasteiger partial charge in [0.25, 0.3) is 0 Å². The van der Waals surface area contributed by atoms with Gasteiger partial charge in [0.2, 0.25) is 5.88 Å². The number of nitrogens with zero attached hydrogens (tertiary/aromatic N) is 3. The number of aromatic nitrogens is 3. The molecule has 0 spiro atoms. The number of pyridine rings is 2. The Bertz CT molecular complexity index is 1030. The lowest BCUT2D eigenvalue weighted by molar-refractivity contribution is 0.111. The van der Waals surface area contributed by atoms with Crippen LogP contribution in [0.25, 0.3) is 11.6 Å². The van der Waals surface area contributed by atoms with Crippen LogP contribution in [0.2, 0.25) is 0 Å². The molecule has 172 valence electrons. The van der Waals surface area contributed by atoms with Crippen LogP contribution in [-0.4, -0.2) is 45.0 Å². The first-order valence-corrected chi connectivity index (χ1v) is 11.7. The molecule has 0 saturated carbocycles. The Labute approximate surface area is 193 Å². The Morgan fingerprint density at radius 1 is 1.31 bits per heavy atom. The van der Waals surface area contributed by atoms with Gasteiger partial charge in [-0.05, 0) is 32.2 Å². The largest absolute Gasteiger partial charge is 0.438 e. The summed E-state index contributed by atoms with van der Waals surface area (Å²) >= 11 is 2.01. The number of thioether (sulfide) groups is 1. The number of rotatable bonds is 6. The van der Waals surface area contributed by atoms with Crippen molar-refractivity contribution in [3.8, 4) is 11.6 Å². The quantitative estimate of drug-likeness (QED) is 0.483. The van der Waals surface area contributed by atoms with Gasteiger partial charge in [0.05, 0.1) is 11.7 Å². The van der Waals surface area contributed by atoms with E-state index in [1.807, 2.05) is 18.8 Å². The highest BCUT2D eigenvalue weighted by Gasteiger charge is 2.29. The molecular weight excluding hydrogens is 427 g/mol. The van der Waals surface area contributed by atoms with E-state index >= 15 is 0 Å². The van der Waals surface area contributed by atoms with E-state index in [1.54, 1.807) is 28.9 Å². The molecule has 1 aliphatic rings. The van der Waals surface area contributed by atoms with Crippen LogP contribution >= 0.6 is 11.8 Å². The zero-order chi connectivity index (χ0) is 23.6. The van der Waals surface area contributed by atoms with Crippen molar-refractivity contribution in [2.24, 2.45) is 0 Å². The minimum absolute atomic E-state index is 0.255. The number of unbranched alkanes of at least 4 members (excludes halogenated alkanes) is 1. The molecule has 3 aromatic rings. The summed E-state index contributed by atoms with van der Waals surface area (Å²) in [7, 11) is 2.03. The Hall–Kier alpha value is -2.71. The molecule has 1 N–H and O–H groups in total. The standard InChI is InChI=1S/C15H10FN3O2.C5H11NS.C4H10/c1-2-10-5-11(16)8-17-15(10)21-14-3-4-19-13(7-14)6-12(9-20)18-19;1-5(6-2)3-7-4-5;1-3-4-2/h2-9H,1H2;6H,3-4H2,1-2H3;3-4H2,1-2H3. The van der Waals surface area contributed by atoms with Crippen LogP contribution in [0.4, 0.5) is 4.39 Å². The molecule has 3 aromatic heterocycles. The molecule has 1 aliphatic heterocycles. The van der Waals surface area contributed by atoms with Crippen LogP contribution in [0.1, 0.15) is 49.7 Å². The molecule has 1 fully saturated rings. The first-order chi connectivity index (χ1) is 15.4. The van der Waals surface area contributed by atoms with Gasteiger partial charge in [-0.3, -0.25) is 4.79 Å². The number of carbonyl (C=O) groups is 1. The fourth-order valence-electron chi connectivity index (χ4n) is 2.45. The predicted molar refractivity (Wildman–Crippen MR) is 130 cm³/mol. The number of ether oxygens (including phenoxy) is 1. The second kappa shape index (κ2) is 12.4. The van der Waals surface area contributed by atoms with Gasteiger partial charge in [0, 0.05) is 34.9 Å². The summed E-state index contributed by atoms with van der Waals surface area (Å²) in [4.78, 5) is 14.6. The lowest BCUT2D eigenvalue weighted by atomic mass is 10.1. The van der Waals surface area contributed by atoms with Crippen LogP contribution in [0.15, 0.2) is 43.2 Å². The third-order valence-corrected chi connectivity index (χ3v) is 6.48. The maximum Gasteiger partial charge on any atom is 0.226 e. The minimum atomic E-state index is -0.459. The van der Waals surface area contributed by atoms with Crippen LogP contribution in [0.3, 0.4) is 0 Å². The van der Waals surface area contributed by atoms with Gasteiger partial charge in [-0.25, -0.2) is 13.9 Å². The molecule has 0 aliphatic carbocycles. The molecule has 0 unspecified atom stereocenters. The topological polar surface area (TPSA) is 68.5 Å². The Morgan fingerprint density at radius 2 is 2.03 bits per heavy atom. The van der Waals surface area contributed by atoms with Gasteiger partial charge in [-0.2, -0.15) is 16.9 Å². The highest BCUT2D eigenvalue weighted by Crippen LogP contribution is 2.28. The van der Waals surface area contributed by atoms with Crippen molar-refractivity contribution in [2.45, 2.75) is 39.2 Å². The van der Waals surface area contributed by atoms with E-state index in [0.29, 0.717) is 34.3 Å². The molecule has 0 bridgehead atoms. The van der Waals surface area contributed by atoms with Crippen LogP contribution < -0.4 is 10.1 Å². The van der Waals surface area contributed by atoms with Crippen molar-refractivity contribution in [1.82, 2.24) is 19.9 Å². The SMILES string of the molecule is C=Cc1cc(F)cnc1Oc1ccn2nc(C=O)cc2c1.CCCC.CNC1(C)CSC1. The summed E-state index contributed by atoms with van der Waals surface area (Å²) in [6.07, 6.45) is 7.51.